The van der Waals surface area contributed by atoms with Gasteiger partial charge in [0.1, 0.15) is 5.69 Å². The first-order valence-corrected chi connectivity index (χ1v) is 9.21. The van der Waals surface area contributed by atoms with Crippen LogP contribution in [0.1, 0.15) is 29.0 Å². The van der Waals surface area contributed by atoms with Crippen LogP contribution in [-0.2, 0) is 5.75 Å². The number of hydrogen-bond acceptors (Lipinski definition) is 3. The van der Waals surface area contributed by atoms with Crippen molar-refractivity contribution in [1.29, 1.82) is 0 Å². The number of pyridine rings is 1. The molecule has 3 nitrogen and oxygen atoms in total. The predicted molar refractivity (Wildman–Crippen MR) is 95.4 cm³/mol. The van der Waals surface area contributed by atoms with E-state index in [-0.39, 0.29) is 5.91 Å². The van der Waals surface area contributed by atoms with Crippen LogP contribution in [0.2, 0.25) is 10.0 Å². The molecule has 1 aliphatic rings. The molecule has 0 N–H and O–H groups in total. The molecule has 1 aromatic carbocycles. The quantitative estimate of drug-likeness (QED) is 0.720. The Hall–Kier alpha value is -1.23. The minimum Gasteiger partial charge on any atom is -0.337 e. The minimum atomic E-state index is 0.0233. The van der Waals surface area contributed by atoms with Crippen LogP contribution in [0.3, 0.4) is 0 Å². The van der Waals surface area contributed by atoms with Gasteiger partial charge in [-0.1, -0.05) is 35.3 Å². The third kappa shape index (κ3) is 4.00. The summed E-state index contributed by atoms with van der Waals surface area (Å²) in [6.07, 6.45) is 2.16. The molecule has 2 aromatic rings. The molecule has 1 saturated heterocycles. The predicted octanol–water partition coefficient (Wildman–Crippen LogP) is 4.92. The number of carbonyl (C=O) groups excluding carboxylic acids is 1. The van der Waals surface area contributed by atoms with Gasteiger partial charge in [-0.05, 0) is 37.1 Å². The zero-order valence-corrected chi connectivity index (χ0v) is 14.8. The smallest absolute Gasteiger partial charge is 0.272 e. The van der Waals surface area contributed by atoms with Crippen molar-refractivity contribution in [2.45, 2.75) is 23.5 Å². The van der Waals surface area contributed by atoms with E-state index in [2.05, 4.69) is 4.98 Å². The highest BCUT2D eigenvalue weighted by atomic mass is 35.5. The van der Waals surface area contributed by atoms with Gasteiger partial charge in [0.25, 0.3) is 5.91 Å². The topological polar surface area (TPSA) is 33.2 Å². The molecule has 0 spiro atoms. The van der Waals surface area contributed by atoms with Gasteiger partial charge in [-0.2, -0.15) is 0 Å². The SMILES string of the molecule is O=C(c1cccc(CSc2cccc(Cl)c2Cl)n1)N1CCCC1. The summed E-state index contributed by atoms with van der Waals surface area (Å²) in [4.78, 5) is 19.7. The molecule has 3 rings (SSSR count). The zero-order chi connectivity index (χ0) is 16.2. The first-order valence-electron chi connectivity index (χ1n) is 7.47. The van der Waals surface area contributed by atoms with E-state index in [9.17, 15) is 4.79 Å². The van der Waals surface area contributed by atoms with E-state index in [1.54, 1.807) is 23.9 Å². The number of aromatic nitrogens is 1. The van der Waals surface area contributed by atoms with Crippen molar-refractivity contribution in [3.8, 4) is 0 Å². The van der Waals surface area contributed by atoms with E-state index in [1.807, 2.05) is 29.2 Å². The van der Waals surface area contributed by atoms with Gasteiger partial charge in [-0.3, -0.25) is 4.79 Å². The summed E-state index contributed by atoms with van der Waals surface area (Å²) >= 11 is 13.8. The number of carbonyl (C=O) groups is 1. The van der Waals surface area contributed by atoms with Gasteiger partial charge in [0.15, 0.2) is 0 Å². The normalized spacial score (nSPS) is 14.3. The van der Waals surface area contributed by atoms with Gasteiger partial charge >= 0.3 is 0 Å². The zero-order valence-electron chi connectivity index (χ0n) is 12.5. The molecule has 1 aliphatic heterocycles. The first kappa shape index (κ1) is 16.6. The molecule has 120 valence electrons. The molecule has 0 saturated carbocycles. The average molecular weight is 367 g/mol. The van der Waals surface area contributed by atoms with Crippen molar-refractivity contribution in [2.24, 2.45) is 0 Å². The van der Waals surface area contributed by atoms with Crippen LogP contribution in [0.25, 0.3) is 0 Å². The summed E-state index contributed by atoms with van der Waals surface area (Å²) in [5.74, 6) is 0.663. The lowest BCUT2D eigenvalue weighted by Crippen LogP contribution is -2.28. The maximum absolute atomic E-state index is 12.4. The fraction of sp³-hybridized carbons (Fsp3) is 0.294. The Bertz CT molecular complexity index is 717. The van der Waals surface area contributed by atoms with E-state index in [4.69, 9.17) is 23.2 Å². The molecule has 0 aliphatic carbocycles. The molecule has 6 heteroatoms. The average Bonchev–Trinajstić information content (AvgIpc) is 3.10. The van der Waals surface area contributed by atoms with E-state index in [0.29, 0.717) is 21.5 Å². The summed E-state index contributed by atoms with van der Waals surface area (Å²) in [6, 6.07) is 11.1. The lowest BCUT2D eigenvalue weighted by atomic mass is 10.3. The molecule has 0 bridgehead atoms. The standard InChI is InChI=1S/C17H16Cl2N2OS/c18-13-6-4-8-15(16(13)19)23-11-12-5-3-7-14(20-12)17(22)21-9-1-2-10-21/h3-8H,1-2,9-11H2. The molecular formula is C17H16Cl2N2OS. The van der Waals surface area contributed by atoms with Crippen molar-refractivity contribution in [3.05, 3.63) is 57.8 Å². The summed E-state index contributed by atoms with van der Waals surface area (Å²) < 4.78 is 0. The summed E-state index contributed by atoms with van der Waals surface area (Å²) in [5, 5.41) is 1.10. The third-order valence-corrected chi connectivity index (χ3v) is 5.73. The van der Waals surface area contributed by atoms with E-state index in [1.165, 1.54) is 0 Å². The van der Waals surface area contributed by atoms with Crippen LogP contribution in [0.5, 0.6) is 0 Å². The third-order valence-electron chi connectivity index (χ3n) is 3.71. The minimum absolute atomic E-state index is 0.0233. The molecule has 0 atom stereocenters. The number of hydrogen-bond donors (Lipinski definition) is 0. The largest absolute Gasteiger partial charge is 0.337 e. The Morgan fingerprint density at radius 3 is 2.65 bits per heavy atom. The van der Waals surface area contributed by atoms with Crippen LogP contribution in [-0.4, -0.2) is 28.9 Å². The number of thioether (sulfide) groups is 1. The number of rotatable bonds is 4. The van der Waals surface area contributed by atoms with Gasteiger partial charge in [0.05, 0.1) is 15.7 Å². The molecule has 1 amide bonds. The highest BCUT2D eigenvalue weighted by molar-refractivity contribution is 7.98. The second-order valence-electron chi connectivity index (χ2n) is 5.35. The molecule has 2 heterocycles. The van der Waals surface area contributed by atoms with E-state index in [0.717, 1.165) is 36.5 Å². The van der Waals surface area contributed by atoms with Crippen LogP contribution in [0, 0.1) is 0 Å². The number of amides is 1. The summed E-state index contributed by atoms with van der Waals surface area (Å²) in [5.41, 5.74) is 1.37. The second-order valence-corrected chi connectivity index (χ2v) is 7.16. The van der Waals surface area contributed by atoms with Crippen molar-refractivity contribution >= 4 is 40.9 Å². The number of nitrogens with zero attached hydrogens (tertiary/aromatic N) is 2. The Labute approximate surface area is 150 Å². The van der Waals surface area contributed by atoms with Crippen LogP contribution >= 0.6 is 35.0 Å². The monoisotopic (exact) mass is 366 g/mol. The molecule has 1 aromatic heterocycles. The molecule has 0 radical (unpaired) electrons. The Kier molecular flexibility index (Phi) is 5.46. The Morgan fingerprint density at radius 2 is 1.87 bits per heavy atom. The maximum atomic E-state index is 12.4. The van der Waals surface area contributed by atoms with E-state index < -0.39 is 0 Å². The molecule has 23 heavy (non-hydrogen) atoms. The van der Waals surface area contributed by atoms with E-state index >= 15 is 0 Å². The highest BCUT2D eigenvalue weighted by Gasteiger charge is 2.20. The fourth-order valence-electron chi connectivity index (χ4n) is 2.51. The van der Waals surface area contributed by atoms with Crippen molar-refractivity contribution in [2.75, 3.05) is 13.1 Å². The number of likely N-dealkylation sites (tertiary alicyclic amines) is 1. The fourth-order valence-corrected chi connectivity index (χ4v) is 3.90. The summed E-state index contributed by atoms with van der Waals surface area (Å²) in [7, 11) is 0. The Balaban J connectivity index is 1.70. The van der Waals surface area contributed by atoms with Gasteiger partial charge < -0.3 is 4.90 Å². The lowest BCUT2D eigenvalue weighted by Gasteiger charge is -2.14. The highest BCUT2D eigenvalue weighted by Crippen LogP contribution is 2.34. The van der Waals surface area contributed by atoms with Gasteiger partial charge in [0.2, 0.25) is 0 Å². The van der Waals surface area contributed by atoms with Crippen LogP contribution < -0.4 is 0 Å². The second kappa shape index (κ2) is 7.56. The van der Waals surface area contributed by atoms with Gasteiger partial charge in [0, 0.05) is 23.7 Å². The maximum Gasteiger partial charge on any atom is 0.272 e. The van der Waals surface area contributed by atoms with Gasteiger partial charge in [-0.15, -0.1) is 11.8 Å². The number of benzene rings is 1. The number of halogens is 2. The Morgan fingerprint density at radius 1 is 1.13 bits per heavy atom. The first-order chi connectivity index (χ1) is 11.1. The summed E-state index contributed by atoms with van der Waals surface area (Å²) in [6.45, 7) is 1.66. The molecule has 1 fully saturated rings. The van der Waals surface area contributed by atoms with Crippen LogP contribution in [0.4, 0.5) is 0 Å². The van der Waals surface area contributed by atoms with Crippen molar-refractivity contribution < 1.29 is 4.79 Å². The van der Waals surface area contributed by atoms with Crippen molar-refractivity contribution in [3.63, 3.8) is 0 Å². The van der Waals surface area contributed by atoms with Crippen molar-refractivity contribution in [1.82, 2.24) is 9.88 Å². The lowest BCUT2D eigenvalue weighted by molar-refractivity contribution is 0.0787. The molecule has 0 unspecified atom stereocenters. The van der Waals surface area contributed by atoms with Crippen LogP contribution in [0.15, 0.2) is 41.3 Å². The molecular weight excluding hydrogens is 351 g/mol. The van der Waals surface area contributed by atoms with Gasteiger partial charge in [-0.25, -0.2) is 4.98 Å².